The van der Waals surface area contributed by atoms with Crippen molar-refractivity contribution >= 4 is 45.6 Å². The van der Waals surface area contributed by atoms with Gasteiger partial charge in [-0.05, 0) is 55.1 Å². The summed E-state index contributed by atoms with van der Waals surface area (Å²) in [5.41, 5.74) is -0.000821. The standard InChI is InChI=1S/C32H27N3O6S2/c1-30(18-33)17-32(43-27(37)21-12-8-5-9-13-21)29(39)34(3)31(2,42-26(36)20-10-6-4-7-11-20)28(38)35(32)25(30)22-14-15-23-24(16-22)41-19-40-23/h4-16,25H,17,19H2,1-3H3/t25?,30-,31+,32?/m1/s1. The van der Waals surface area contributed by atoms with Gasteiger partial charge in [-0.15, -0.1) is 0 Å². The number of nitrogens with zero attached hydrogens (tertiary/aromatic N) is 3. The van der Waals surface area contributed by atoms with Gasteiger partial charge in [-0.2, -0.15) is 5.26 Å². The molecule has 0 aromatic heterocycles. The molecule has 3 aromatic rings. The normalized spacial score (nSPS) is 27.5. The molecular formula is C32H27N3O6S2. The van der Waals surface area contributed by atoms with Crippen LogP contribution in [0.15, 0.2) is 78.9 Å². The summed E-state index contributed by atoms with van der Waals surface area (Å²) in [6.07, 6.45) is -0.110. The fraction of sp³-hybridized carbons (Fsp3) is 0.281. The minimum absolute atomic E-state index is 0.0343. The first-order valence-electron chi connectivity index (χ1n) is 13.5. The molecule has 0 saturated carbocycles. The molecule has 3 aliphatic rings. The van der Waals surface area contributed by atoms with Crippen molar-refractivity contribution in [3.8, 4) is 17.6 Å². The van der Waals surface area contributed by atoms with Gasteiger partial charge >= 0.3 is 0 Å². The van der Waals surface area contributed by atoms with E-state index < -0.39 is 43.2 Å². The van der Waals surface area contributed by atoms with E-state index in [2.05, 4.69) is 6.07 Å². The number of hydrogen-bond donors (Lipinski definition) is 0. The van der Waals surface area contributed by atoms with Crippen molar-refractivity contribution in [2.75, 3.05) is 13.8 Å². The Morgan fingerprint density at radius 1 is 0.860 bits per heavy atom. The number of ether oxygens (including phenoxy) is 2. The van der Waals surface area contributed by atoms with Crippen LogP contribution < -0.4 is 9.47 Å². The van der Waals surface area contributed by atoms with Crippen LogP contribution in [0, 0.1) is 16.7 Å². The number of rotatable bonds is 5. The quantitative estimate of drug-likeness (QED) is 0.380. The lowest BCUT2D eigenvalue weighted by atomic mass is 9.79. The number of thioether (sulfide) groups is 2. The molecule has 0 radical (unpaired) electrons. The maximum Gasteiger partial charge on any atom is 0.261 e. The van der Waals surface area contributed by atoms with E-state index in [0.717, 1.165) is 23.5 Å². The van der Waals surface area contributed by atoms with Crippen LogP contribution in [0.5, 0.6) is 11.5 Å². The number of benzene rings is 3. The smallest absolute Gasteiger partial charge is 0.261 e. The largest absolute Gasteiger partial charge is 0.454 e. The van der Waals surface area contributed by atoms with Crippen LogP contribution in [-0.4, -0.2) is 55.4 Å². The van der Waals surface area contributed by atoms with Gasteiger partial charge in [-0.1, -0.05) is 66.7 Å². The maximum absolute atomic E-state index is 14.9. The van der Waals surface area contributed by atoms with Gasteiger partial charge in [0, 0.05) is 24.6 Å². The van der Waals surface area contributed by atoms with Crippen molar-refractivity contribution in [3.05, 3.63) is 95.6 Å². The Morgan fingerprint density at radius 3 is 2.05 bits per heavy atom. The second-order valence-corrected chi connectivity index (χ2v) is 13.7. The molecule has 3 heterocycles. The van der Waals surface area contributed by atoms with Gasteiger partial charge in [0.25, 0.3) is 11.8 Å². The van der Waals surface area contributed by atoms with Crippen molar-refractivity contribution in [1.29, 1.82) is 5.26 Å². The summed E-state index contributed by atoms with van der Waals surface area (Å²) < 4.78 is 11.1. The van der Waals surface area contributed by atoms with E-state index >= 15 is 0 Å². The molecule has 11 heteroatoms. The average Bonchev–Trinajstić information content (AvgIpc) is 3.60. The van der Waals surface area contributed by atoms with Crippen molar-refractivity contribution in [2.45, 2.75) is 36.1 Å². The molecule has 43 heavy (non-hydrogen) atoms. The molecule has 0 N–H and O–H groups in total. The Bertz CT molecular complexity index is 1700. The summed E-state index contributed by atoms with van der Waals surface area (Å²) in [6, 6.07) is 23.6. The van der Waals surface area contributed by atoms with Crippen LogP contribution in [0.2, 0.25) is 0 Å². The van der Waals surface area contributed by atoms with E-state index in [9.17, 15) is 24.4 Å². The molecule has 0 spiro atoms. The van der Waals surface area contributed by atoms with E-state index in [1.54, 1.807) is 85.8 Å². The molecule has 218 valence electrons. The second kappa shape index (κ2) is 10.5. The topological polar surface area (TPSA) is 117 Å². The van der Waals surface area contributed by atoms with Crippen molar-refractivity contribution < 1.29 is 28.7 Å². The van der Waals surface area contributed by atoms with Crippen LogP contribution in [0.3, 0.4) is 0 Å². The van der Waals surface area contributed by atoms with E-state index in [0.29, 0.717) is 28.2 Å². The third-order valence-corrected chi connectivity index (χ3v) is 10.8. The number of hydrogen-bond acceptors (Lipinski definition) is 9. The summed E-state index contributed by atoms with van der Waals surface area (Å²) >= 11 is 1.48. The lowest BCUT2D eigenvalue weighted by Crippen LogP contribution is -2.71. The molecule has 2 unspecified atom stereocenters. The van der Waals surface area contributed by atoms with E-state index in [1.807, 2.05) is 0 Å². The molecule has 9 nitrogen and oxygen atoms in total. The Hall–Kier alpha value is -4.27. The first kappa shape index (κ1) is 28.8. The van der Waals surface area contributed by atoms with Crippen LogP contribution in [0.4, 0.5) is 0 Å². The van der Waals surface area contributed by atoms with E-state index in [4.69, 9.17) is 9.47 Å². The average molecular weight is 614 g/mol. The molecule has 0 bridgehead atoms. The highest BCUT2D eigenvalue weighted by atomic mass is 32.2. The SMILES string of the molecule is CN1C(=O)C2(SC(=O)c3ccccc3)C[C@](C)(C#N)C(c3ccc4c(c3)OCO4)N2C(=O)[C@]1(C)SC(=O)c1ccccc1. The molecule has 3 aliphatic heterocycles. The minimum atomic E-state index is -1.75. The summed E-state index contributed by atoms with van der Waals surface area (Å²) in [7, 11) is 1.47. The maximum atomic E-state index is 14.9. The number of carbonyl (C=O) groups is 4. The number of carbonyl (C=O) groups excluding carboxylic acids is 4. The number of nitriles is 1. The van der Waals surface area contributed by atoms with E-state index in [-0.39, 0.29) is 13.2 Å². The van der Waals surface area contributed by atoms with Gasteiger partial charge in [-0.3, -0.25) is 19.2 Å². The van der Waals surface area contributed by atoms with Gasteiger partial charge in [0.2, 0.25) is 17.0 Å². The lowest BCUT2D eigenvalue weighted by molar-refractivity contribution is -0.163. The zero-order valence-electron chi connectivity index (χ0n) is 23.6. The fourth-order valence-electron chi connectivity index (χ4n) is 6.00. The van der Waals surface area contributed by atoms with Gasteiger partial charge < -0.3 is 19.3 Å². The summed E-state index contributed by atoms with van der Waals surface area (Å²) in [6.45, 7) is 3.26. The molecular weight excluding hydrogens is 587 g/mol. The highest BCUT2D eigenvalue weighted by Crippen LogP contribution is 2.63. The van der Waals surface area contributed by atoms with Crippen LogP contribution >= 0.6 is 23.5 Å². The van der Waals surface area contributed by atoms with Crippen molar-refractivity contribution in [1.82, 2.24) is 9.80 Å². The Balaban J connectivity index is 1.51. The highest BCUT2D eigenvalue weighted by Gasteiger charge is 2.72. The van der Waals surface area contributed by atoms with Crippen LogP contribution in [-0.2, 0) is 9.59 Å². The molecule has 2 saturated heterocycles. The molecule has 2 amide bonds. The number of likely N-dealkylation sites (N-methyl/N-ethyl adjacent to an activating group) is 1. The number of amides is 2. The molecule has 2 fully saturated rings. The molecule has 3 aromatic carbocycles. The molecule has 6 rings (SSSR count). The van der Waals surface area contributed by atoms with Crippen LogP contribution in [0.1, 0.15) is 52.6 Å². The third kappa shape index (κ3) is 4.48. The van der Waals surface area contributed by atoms with Gasteiger partial charge in [0.05, 0.1) is 17.5 Å². The lowest BCUT2D eigenvalue weighted by Gasteiger charge is -2.52. The first-order chi connectivity index (χ1) is 20.5. The monoisotopic (exact) mass is 613 g/mol. The van der Waals surface area contributed by atoms with Gasteiger partial charge in [-0.25, -0.2) is 0 Å². The summed E-state index contributed by atoms with van der Waals surface area (Å²) in [4.78, 5) is 55.8. The highest BCUT2D eigenvalue weighted by molar-refractivity contribution is 8.16. The summed E-state index contributed by atoms with van der Waals surface area (Å²) in [5.74, 6) is -0.122. The Kier molecular flexibility index (Phi) is 7.02. The second-order valence-electron chi connectivity index (χ2n) is 11.0. The molecule has 4 atom stereocenters. The zero-order chi connectivity index (χ0) is 30.6. The number of fused-ring (bicyclic) bond motifs is 2. The Labute approximate surface area is 257 Å². The predicted molar refractivity (Wildman–Crippen MR) is 161 cm³/mol. The van der Waals surface area contributed by atoms with E-state index in [1.165, 1.54) is 23.8 Å². The van der Waals surface area contributed by atoms with Crippen molar-refractivity contribution in [3.63, 3.8) is 0 Å². The van der Waals surface area contributed by atoms with Gasteiger partial charge in [0.15, 0.2) is 21.2 Å². The van der Waals surface area contributed by atoms with Crippen molar-refractivity contribution in [2.24, 2.45) is 5.41 Å². The third-order valence-electron chi connectivity index (χ3n) is 8.29. The van der Waals surface area contributed by atoms with Crippen LogP contribution in [0.25, 0.3) is 0 Å². The number of piperazine rings is 1. The summed E-state index contributed by atoms with van der Waals surface area (Å²) in [5, 5.41) is 9.80. The zero-order valence-corrected chi connectivity index (χ0v) is 25.2. The minimum Gasteiger partial charge on any atom is -0.454 e. The predicted octanol–water partition coefficient (Wildman–Crippen LogP) is 5.25. The van der Waals surface area contributed by atoms with Gasteiger partial charge in [0.1, 0.15) is 0 Å². The fourth-order valence-corrected chi connectivity index (χ4v) is 8.46. The Morgan fingerprint density at radius 2 is 1.44 bits per heavy atom. The first-order valence-corrected chi connectivity index (χ1v) is 15.2. The molecule has 0 aliphatic carbocycles.